The monoisotopic (exact) mass is 383 g/mol. The van der Waals surface area contributed by atoms with Crippen LogP contribution in [0, 0.1) is 0 Å². The van der Waals surface area contributed by atoms with Crippen molar-refractivity contribution in [3.05, 3.63) is 89.3 Å². The van der Waals surface area contributed by atoms with Crippen molar-refractivity contribution < 1.29 is 0 Å². The largest absolute Gasteiger partial charge is 0.316 e. The summed E-state index contributed by atoms with van der Waals surface area (Å²) in [7, 11) is 1.92. The number of allylic oxidation sites excluding steroid dienone is 2. The Labute approximate surface area is 168 Å². The van der Waals surface area contributed by atoms with Crippen LogP contribution < -0.4 is 5.56 Å². The molecule has 0 N–H and O–H groups in total. The summed E-state index contributed by atoms with van der Waals surface area (Å²) in [6, 6.07) is 13.4. The maximum absolute atomic E-state index is 12.2. The summed E-state index contributed by atoms with van der Waals surface area (Å²) < 4.78 is 3.58. The molecule has 0 unspecified atom stereocenters. The third-order valence-electron chi connectivity index (χ3n) is 4.97. The Hall–Kier alpha value is -3.80. The Morgan fingerprint density at radius 1 is 1.17 bits per heavy atom. The predicted molar refractivity (Wildman–Crippen MR) is 116 cm³/mol. The molecule has 1 aromatic carbocycles. The zero-order valence-corrected chi connectivity index (χ0v) is 16.4. The Morgan fingerprint density at radius 2 is 2.00 bits per heavy atom. The van der Waals surface area contributed by atoms with Gasteiger partial charge in [-0.05, 0) is 42.3 Å². The molecule has 0 aliphatic carbocycles. The van der Waals surface area contributed by atoms with Crippen molar-refractivity contribution in [3.8, 4) is 11.4 Å². The van der Waals surface area contributed by atoms with E-state index < -0.39 is 0 Å². The summed E-state index contributed by atoms with van der Waals surface area (Å²) >= 11 is 0. The molecule has 29 heavy (non-hydrogen) atoms. The van der Waals surface area contributed by atoms with Crippen molar-refractivity contribution in [1.82, 2.24) is 24.3 Å². The van der Waals surface area contributed by atoms with E-state index in [0.717, 1.165) is 33.4 Å². The average Bonchev–Trinajstić information content (AvgIpc) is 3.11. The van der Waals surface area contributed by atoms with Gasteiger partial charge in [0, 0.05) is 43.0 Å². The summed E-state index contributed by atoms with van der Waals surface area (Å²) in [5, 5.41) is 9.78. The molecular formula is C23H21N5O. The molecule has 4 rings (SSSR count). The van der Waals surface area contributed by atoms with Gasteiger partial charge in [0.15, 0.2) is 11.6 Å². The summed E-state index contributed by atoms with van der Waals surface area (Å²) in [6.07, 6.45) is 7.18. The molecule has 6 heteroatoms. The summed E-state index contributed by atoms with van der Waals surface area (Å²) in [6.45, 7) is 6.48. The van der Waals surface area contributed by atoms with E-state index in [2.05, 4.69) is 21.8 Å². The average molecular weight is 383 g/mol. The van der Waals surface area contributed by atoms with Crippen molar-refractivity contribution >= 4 is 22.6 Å². The third-order valence-corrected chi connectivity index (χ3v) is 4.97. The molecular weight excluding hydrogens is 362 g/mol. The fourth-order valence-corrected chi connectivity index (χ4v) is 3.34. The molecule has 0 aliphatic rings. The lowest BCUT2D eigenvalue weighted by Crippen LogP contribution is -2.17. The predicted octanol–water partition coefficient (Wildman–Crippen LogP) is 3.94. The summed E-state index contributed by atoms with van der Waals surface area (Å²) in [4.78, 5) is 16.6. The SMILES string of the molecule is C=C/C(=C\c1nnc(-c2ccnc3ccccc23)n1C)c1ccn(CC)c(=O)c1. The molecule has 6 nitrogen and oxygen atoms in total. The highest BCUT2D eigenvalue weighted by atomic mass is 16.1. The van der Waals surface area contributed by atoms with Gasteiger partial charge in [-0.2, -0.15) is 0 Å². The van der Waals surface area contributed by atoms with E-state index in [1.54, 1.807) is 29.1 Å². The number of aromatic nitrogens is 5. The first kappa shape index (κ1) is 18.6. The van der Waals surface area contributed by atoms with Crippen LogP contribution in [-0.4, -0.2) is 24.3 Å². The maximum atomic E-state index is 12.2. The van der Waals surface area contributed by atoms with Crippen LogP contribution in [-0.2, 0) is 13.6 Å². The van der Waals surface area contributed by atoms with Crippen molar-refractivity contribution in [2.24, 2.45) is 7.05 Å². The quantitative estimate of drug-likeness (QED) is 0.490. The standard InChI is InChI=1S/C23H21N5O/c1-4-16(17-11-13-28(5-2)22(29)15-17)14-21-25-26-23(27(21)3)19-10-12-24-20-9-7-6-8-18(19)20/h4,6-15H,1,5H2,2-3H3/b16-14+. The van der Waals surface area contributed by atoms with Crippen LogP contribution in [0.5, 0.6) is 0 Å². The van der Waals surface area contributed by atoms with Gasteiger partial charge in [-0.3, -0.25) is 9.78 Å². The van der Waals surface area contributed by atoms with Crippen LogP contribution in [0.15, 0.2) is 72.3 Å². The zero-order chi connectivity index (χ0) is 20.4. The highest BCUT2D eigenvalue weighted by Crippen LogP contribution is 2.27. The van der Waals surface area contributed by atoms with Gasteiger partial charge in [-0.25, -0.2) is 0 Å². The zero-order valence-electron chi connectivity index (χ0n) is 16.4. The van der Waals surface area contributed by atoms with E-state index >= 15 is 0 Å². The van der Waals surface area contributed by atoms with Crippen LogP contribution in [0.3, 0.4) is 0 Å². The second-order valence-corrected chi connectivity index (χ2v) is 6.66. The molecule has 0 amide bonds. The van der Waals surface area contributed by atoms with Gasteiger partial charge >= 0.3 is 0 Å². The number of hydrogen-bond acceptors (Lipinski definition) is 4. The van der Waals surface area contributed by atoms with E-state index in [1.807, 2.05) is 61.0 Å². The van der Waals surface area contributed by atoms with Gasteiger partial charge in [-0.15, -0.1) is 10.2 Å². The van der Waals surface area contributed by atoms with E-state index in [0.29, 0.717) is 12.4 Å². The second-order valence-electron chi connectivity index (χ2n) is 6.66. The molecule has 0 saturated heterocycles. The van der Waals surface area contributed by atoms with E-state index in [1.165, 1.54) is 0 Å². The minimum Gasteiger partial charge on any atom is -0.316 e. The fraction of sp³-hybridized carbons (Fsp3) is 0.130. The van der Waals surface area contributed by atoms with Crippen LogP contribution in [0.2, 0.25) is 0 Å². The normalized spacial score (nSPS) is 11.7. The molecule has 3 aromatic heterocycles. The number of para-hydroxylation sites is 1. The fourth-order valence-electron chi connectivity index (χ4n) is 3.34. The number of nitrogens with zero attached hydrogens (tertiary/aromatic N) is 5. The molecule has 144 valence electrons. The Kier molecular flexibility index (Phi) is 4.91. The van der Waals surface area contributed by atoms with Gasteiger partial charge < -0.3 is 9.13 Å². The Balaban J connectivity index is 1.79. The first-order valence-corrected chi connectivity index (χ1v) is 9.41. The van der Waals surface area contributed by atoms with E-state index in [-0.39, 0.29) is 5.56 Å². The van der Waals surface area contributed by atoms with Crippen molar-refractivity contribution in [1.29, 1.82) is 0 Å². The van der Waals surface area contributed by atoms with E-state index in [4.69, 9.17) is 0 Å². The Morgan fingerprint density at radius 3 is 2.76 bits per heavy atom. The van der Waals surface area contributed by atoms with Gasteiger partial charge in [0.2, 0.25) is 0 Å². The van der Waals surface area contributed by atoms with Crippen LogP contribution in [0.4, 0.5) is 0 Å². The molecule has 3 heterocycles. The lowest BCUT2D eigenvalue weighted by atomic mass is 10.1. The highest BCUT2D eigenvalue weighted by molar-refractivity contribution is 5.93. The van der Waals surface area contributed by atoms with Gasteiger partial charge in [0.25, 0.3) is 5.56 Å². The van der Waals surface area contributed by atoms with Crippen molar-refractivity contribution in [2.45, 2.75) is 13.5 Å². The maximum Gasteiger partial charge on any atom is 0.251 e. The molecule has 4 aromatic rings. The lowest BCUT2D eigenvalue weighted by Gasteiger charge is -2.07. The first-order valence-electron chi connectivity index (χ1n) is 9.41. The third kappa shape index (κ3) is 3.40. The minimum absolute atomic E-state index is 0.0420. The number of aryl methyl sites for hydroxylation is 1. The minimum atomic E-state index is -0.0420. The smallest absolute Gasteiger partial charge is 0.251 e. The number of hydrogen-bond donors (Lipinski definition) is 0. The second kappa shape index (κ2) is 7.67. The molecule has 0 saturated carbocycles. The van der Waals surface area contributed by atoms with Crippen LogP contribution in [0.25, 0.3) is 33.9 Å². The first-order chi connectivity index (χ1) is 14.1. The molecule has 0 atom stereocenters. The number of benzene rings is 1. The molecule has 0 radical (unpaired) electrons. The van der Waals surface area contributed by atoms with Crippen LogP contribution >= 0.6 is 0 Å². The lowest BCUT2D eigenvalue weighted by molar-refractivity contribution is 0.726. The topological polar surface area (TPSA) is 65.6 Å². The Bertz CT molecular complexity index is 1290. The highest BCUT2D eigenvalue weighted by Gasteiger charge is 2.13. The molecule has 0 spiro atoms. The van der Waals surface area contributed by atoms with Gasteiger partial charge in [0.1, 0.15) is 0 Å². The van der Waals surface area contributed by atoms with Crippen LogP contribution in [0.1, 0.15) is 18.3 Å². The number of rotatable bonds is 5. The summed E-state index contributed by atoms with van der Waals surface area (Å²) in [5.41, 5.74) is 3.45. The van der Waals surface area contributed by atoms with E-state index in [9.17, 15) is 4.79 Å². The molecule has 0 bridgehead atoms. The molecule has 0 aliphatic heterocycles. The van der Waals surface area contributed by atoms with Crippen molar-refractivity contribution in [3.63, 3.8) is 0 Å². The van der Waals surface area contributed by atoms with Crippen molar-refractivity contribution in [2.75, 3.05) is 0 Å². The summed E-state index contributed by atoms with van der Waals surface area (Å²) in [5.74, 6) is 1.43. The molecule has 0 fully saturated rings. The van der Waals surface area contributed by atoms with Gasteiger partial charge in [-0.1, -0.05) is 30.9 Å². The van der Waals surface area contributed by atoms with Gasteiger partial charge in [0.05, 0.1) is 5.52 Å². The number of fused-ring (bicyclic) bond motifs is 1. The number of pyridine rings is 2.